The van der Waals surface area contributed by atoms with E-state index in [1.165, 1.54) is 7.11 Å². The SMILES string of the molecule is [2H]C([2H])([2H])Oc1cc2c(cc1OC)[C@@H]1C[C@@H](O)[C@@H](CC(C)C)CN1CC2. The van der Waals surface area contributed by atoms with Crippen LogP contribution < -0.4 is 9.47 Å². The molecule has 0 aliphatic carbocycles. The Labute approximate surface area is 143 Å². The zero-order chi connectivity index (χ0) is 19.1. The summed E-state index contributed by atoms with van der Waals surface area (Å²) >= 11 is 0. The van der Waals surface area contributed by atoms with E-state index in [4.69, 9.17) is 13.6 Å². The van der Waals surface area contributed by atoms with Crippen molar-refractivity contribution >= 4 is 0 Å². The number of aliphatic hydroxyl groups excluding tert-OH is 1. The lowest BCUT2D eigenvalue weighted by Gasteiger charge is -2.46. The molecular weight excluding hydrogens is 290 g/mol. The van der Waals surface area contributed by atoms with Crippen molar-refractivity contribution in [2.24, 2.45) is 11.8 Å². The minimum atomic E-state index is -2.51. The second kappa shape index (κ2) is 6.70. The highest BCUT2D eigenvalue weighted by Crippen LogP contribution is 2.43. The summed E-state index contributed by atoms with van der Waals surface area (Å²) in [5, 5.41) is 10.7. The Morgan fingerprint density at radius 2 is 2.13 bits per heavy atom. The van der Waals surface area contributed by atoms with Crippen LogP contribution in [0.1, 0.15) is 48.0 Å². The van der Waals surface area contributed by atoms with Gasteiger partial charge in [-0.05, 0) is 54.4 Å². The minimum absolute atomic E-state index is 0.146. The summed E-state index contributed by atoms with van der Waals surface area (Å²) in [4.78, 5) is 2.45. The molecule has 0 spiro atoms. The number of methoxy groups -OCH3 is 2. The van der Waals surface area contributed by atoms with E-state index in [9.17, 15) is 5.11 Å². The van der Waals surface area contributed by atoms with Crippen LogP contribution in [0.3, 0.4) is 0 Å². The number of aliphatic hydroxyl groups is 1. The Balaban J connectivity index is 1.87. The van der Waals surface area contributed by atoms with Gasteiger partial charge in [-0.15, -0.1) is 0 Å². The molecule has 0 aromatic heterocycles. The second-order valence-corrected chi connectivity index (χ2v) is 7.26. The molecule has 128 valence electrons. The molecule has 1 saturated heterocycles. The van der Waals surface area contributed by atoms with Gasteiger partial charge in [-0.25, -0.2) is 0 Å². The lowest BCUT2D eigenvalue weighted by atomic mass is 9.79. The van der Waals surface area contributed by atoms with Crippen molar-refractivity contribution in [3.63, 3.8) is 0 Å². The molecule has 1 fully saturated rings. The van der Waals surface area contributed by atoms with Crippen molar-refractivity contribution in [2.75, 3.05) is 27.2 Å². The Morgan fingerprint density at radius 1 is 1.35 bits per heavy atom. The molecular formula is C19H29NO3. The quantitative estimate of drug-likeness (QED) is 0.925. The topological polar surface area (TPSA) is 41.9 Å². The predicted molar refractivity (Wildman–Crippen MR) is 91.1 cm³/mol. The molecule has 1 aromatic carbocycles. The average molecular weight is 322 g/mol. The highest BCUT2D eigenvalue weighted by molar-refractivity contribution is 5.49. The van der Waals surface area contributed by atoms with E-state index >= 15 is 0 Å². The molecule has 3 atom stereocenters. The molecule has 3 rings (SSSR count). The maximum absolute atomic E-state index is 10.7. The van der Waals surface area contributed by atoms with Crippen LogP contribution in [0.25, 0.3) is 0 Å². The first-order valence-corrected chi connectivity index (χ1v) is 8.50. The number of fused-ring (bicyclic) bond motifs is 3. The van der Waals surface area contributed by atoms with E-state index in [2.05, 4.69) is 18.7 Å². The number of benzene rings is 1. The summed E-state index contributed by atoms with van der Waals surface area (Å²) in [6.45, 7) is 6.21. The maximum Gasteiger partial charge on any atom is 0.161 e. The van der Waals surface area contributed by atoms with Crippen molar-refractivity contribution in [1.82, 2.24) is 4.90 Å². The van der Waals surface area contributed by atoms with Gasteiger partial charge in [-0.2, -0.15) is 0 Å². The molecule has 1 N–H and O–H groups in total. The van der Waals surface area contributed by atoms with Gasteiger partial charge in [0.25, 0.3) is 0 Å². The average Bonchev–Trinajstić information content (AvgIpc) is 2.53. The Bertz CT molecular complexity index is 648. The van der Waals surface area contributed by atoms with Crippen molar-refractivity contribution in [2.45, 2.75) is 45.3 Å². The van der Waals surface area contributed by atoms with Crippen LogP contribution in [-0.4, -0.2) is 43.3 Å². The normalized spacial score (nSPS) is 30.0. The van der Waals surface area contributed by atoms with Gasteiger partial charge >= 0.3 is 0 Å². The summed E-state index contributed by atoms with van der Waals surface area (Å²) in [5.74, 6) is 1.57. The molecule has 0 amide bonds. The van der Waals surface area contributed by atoms with Crippen LogP contribution in [0, 0.1) is 11.8 Å². The third-order valence-electron chi connectivity index (χ3n) is 5.26. The van der Waals surface area contributed by atoms with Gasteiger partial charge in [0, 0.05) is 19.1 Å². The van der Waals surface area contributed by atoms with Crippen molar-refractivity contribution in [3.8, 4) is 11.5 Å². The summed E-state index contributed by atoms with van der Waals surface area (Å²) in [7, 11) is -0.990. The zero-order valence-corrected chi connectivity index (χ0v) is 14.2. The molecule has 23 heavy (non-hydrogen) atoms. The predicted octanol–water partition coefficient (Wildman–Crippen LogP) is 3.03. The van der Waals surface area contributed by atoms with Gasteiger partial charge in [-0.1, -0.05) is 13.8 Å². The molecule has 2 aliphatic rings. The number of ether oxygens (including phenoxy) is 2. The van der Waals surface area contributed by atoms with Crippen LogP contribution in [0.5, 0.6) is 11.5 Å². The Kier molecular flexibility index (Phi) is 3.81. The molecule has 0 saturated carbocycles. The first-order chi connectivity index (χ1) is 12.2. The summed E-state index contributed by atoms with van der Waals surface area (Å²) in [5.41, 5.74) is 2.20. The molecule has 0 unspecified atom stereocenters. The highest BCUT2D eigenvalue weighted by Gasteiger charge is 2.38. The molecule has 1 aromatic rings. The van der Waals surface area contributed by atoms with Gasteiger partial charge in [0.15, 0.2) is 11.5 Å². The lowest BCUT2D eigenvalue weighted by Crippen LogP contribution is -2.48. The van der Waals surface area contributed by atoms with Crippen LogP contribution in [0.2, 0.25) is 0 Å². The number of piperidine rings is 1. The standard InChI is InChI=1S/C19H29NO3/c1-12(2)7-14-11-20-6-5-13-8-18(22-3)19(23-4)9-15(13)16(20)10-17(14)21/h8-9,12,14,16-17,21H,5-7,10-11H2,1-4H3/t14-,16-,17+/m0/s1/i3D3. The number of nitrogens with zero attached hydrogens (tertiary/aromatic N) is 1. The van der Waals surface area contributed by atoms with Gasteiger partial charge in [-0.3, -0.25) is 4.90 Å². The Hall–Kier alpha value is -1.26. The van der Waals surface area contributed by atoms with Crippen molar-refractivity contribution < 1.29 is 18.7 Å². The van der Waals surface area contributed by atoms with E-state index < -0.39 is 7.04 Å². The third-order valence-corrected chi connectivity index (χ3v) is 5.26. The van der Waals surface area contributed by atoms with Gasteiger partial charge < -0.3 is 14.6 Å². The smallest absolute Gasteiger partial charge is 0.161 e. The van der Waals surface area contributed by atoms with E-state index in [1.807, 2.05) is 6.07 Å². The van der Waals surface area contributed by atoms with Crippen LogP contribution in [0.4, 0.5) is 0 Å². The van der Waals surface area contributed by atoms with Crippen molar-refractivity contribution in [1.29, 1.82) is 0 Å². The van der Waals surface area contributed by atoms with Crippen LogP contribution in [0.15, 0.2) is 12.1 Å². The van der Waals surface area contributed by atoms with Crippen LogP contribution >= 0.6 is 0 Å². The zero-order valence-electron chi connectivity index (χ0n) is 17.2. The lowest BCUT2D eigenvalue weighted by molar-refractivity contribution is -0.0191. The fraction of sp³-hybridized carbons (Fsp3) is 0.684. The summed E-state index contributed by atoms with van der Waals surface area (Å²) in [6, 6.07) is 3.83. The molecule has 2 heterocycles. The van der Waals surface area contributed by atoms with Gasteiger partial charge in [0.05, 0.1) is 24.4 Å². The fourth-order valence-corrected chi connectivity index (χ4v) is 4.18. The van der Waals surface area contributed by atoms with Crippen molar-refractivity contribution in [3.05, 3.63) is 23.3 Å². The largest absolute Gasteiger partial charge is 0.493 e. The molecule has 4 nitrogen and oxygen atoms in total. The number of hydrogen-bond acceptors (Lipinski definition) is 4. The number of hydrogen-bond donors (Lipinski definition) is 1. The summed E-state index contributed by atoms with van der Waals surface area (Å²) in [6.07, 6.45) is 2.27. The van der Waals surface area contributed by atoms with E-state index in [0.717, 1.165) is 37.1 Å². The second-order valence-electron chi connectivity index (χ2n) is 7.26. The van der Waals surface area contributed by atoms with Gasteiger partial charge in [0.2, 0.25) is 0 Å². The minimum Gasteiger partial charge on any atom is -0.493 e. The fourth-order valence-electron chi connectivity index (χ4n) is 4.18. The third kappa shape index (κ3) is 3.20. The molecule has 2 aliphatic heterocycles. The van der Waals surface area contributed by atoms with E-state index in [0.29, 0.717) is 24.0 Å². The van der Waals surface area contributed by atoms with E-state index in [1.54, 1.807) is 6.07 Å². The molecule has 0 radical (unpaired) electrons. The Morgan fingerprint density at radius 3 is 2.83 bits per heavy atom. The summed E-state index contributed by atoms with van der Waals surface area (Å²) < 4.78 is 32.5. The van der Waals surface area contributed by atoms with Gasteiger partial charge in [0.1, 0.15) is 0 Å². The highest BCUT2D eigenvalue weighted by atomic mass is 16.5. The molecule has 4 heteroatoms. The first kappa shape index (κ1) is 13.1. The van der Waals surface area contributed by atoms with Crippen LogP contribution in [-0.2, 0) is 6.42 Å². The first-order valence-electron chi connectivity index (χ1n) is 10.00. The number of rotatable bonds is 4. The maximum atomic E-state index is 10.7. The molecule has 0 bridgehead atoms. The van der Waals surface area contributed by atoms with E-state index in [-0.39, 0.29) is 17.9 Å². The monoisotopic (exact) mass is 322 g/mol.